The van der Waals surface area contributed by atoms with E-state index >= 15 is 0 Å². The van der Waals surface area contributed by atoms with Gasteiger partial charge in [0.15, 0.2) is 0 Å². The number of benzene rings is 1. The minimum Gasteiger partial charge on any atom is -0.378 e. The summed E-state index contributed by atoms with van der Waals surface area (Å²) in [6.07, 6.45) is 8.87. The summed E-state index contributed by atoms with van der Waals surface area (Å²) in [5.74, 6) is -0.110. The molecule has 1 aliphatic carbocycles. The number of carbonyl (C=O) groups is 1. The van der Waals surface area contributed by atoms with Crippen LogP contribution in [0.3, 0.4) is 0 Å². The van der Waals surface area contributed by atoms with Crippen molar-refractivity contribution in [3.8, 4) is 0 Å². The van der Waals surface area contributed by atoms with Crippen molar-refractivity contribution in [2.24, 2.45) is 10.2 Å². The smallest absolute Gasteiger partial charge is 0.251 e. The summed E-state index contributed by atoms with van der Waals surface area (Å²) in [5.41, 5.74) is 3.35. The molecule has 0 atom stereocenters. The van der Waals surface area contributed by atoms with E-state index in [1.807, 2.05) is 31.1 Å². The number of rotatable bonds is 4. The van der Waals surface area contributed by atoms with E-state index < -0.39 is 0 Å². The van der Waals surface area contributed by atoms with Gasteiger partial charge in [-0.1, -0.05) is 6.08 Å². The Labute approximate surface area is 130 Å². The lowest BCUT2D eigenvalue weighted by molar-refractivity contribution is 0.0963. The monoisotopic (exact) mass is 296 g/mol. The third kappa shape index (κ3) is 4.15. The largest absolute Gasteiger partial charge is 0.378 e. The highest BCUT2D eigenvalue weighted by Crippen LogP contribution is 2.18. The number of allylic oxidation sites excluding steroid dienone is 4. The van der Waals surface area contributed by atoms with E-state index in [-0.39, 0.29) is 5.91 Å². The summed E-state index contributed by atoms with van der Waals surface area (Å²) in [5, 5.41) is 11.1. The first-order valence-electron chi connectivity index (χ1n) is 7.09. The van der Waals surface area contributed by atoms with Gasteiger partial charge in [-0.2, -0.15) is 10.2 Å². The molecule has 2 rings (SSSR count). The van der Waals surface area contributed by atoms with E-state index in [1.54, 1.807) is 31.3 Å². The molecule has 114 valence electrons. The van der Waals surface area contributed by atoms with Gasteiger partial charge in [0.2, 0.25) is 0 Å². The molecular formula is C17H20N4O. The van der Waals surface area contributed by atoms with Crippen molar-refractivity contribution < 1.29 is 4.79 Å². The first kappa shape index (κ1) is 15.7. The van der Waals surface area contributed by atoms with Gasteiger partial charge in [-0.05, 0) is 42.5 Å². The normalized spacial score (nSPS) is 14.3. The van der Waals surface area contributed by atoms with Crippen LogP contribution in [0.25, 0.3) is 0 Å². The molecule has 0 aromatic heterocycles. The van der Waals surface area contributed by atoms with Crippen molar-refractivity contribution in [3.05, 3.63) is 65.5 Å². The van der Waals surface area contributed by atoms with Crippen LogP contribution < -0.4 is 5.32 Å². The van der Waals surface area contributed by atoms with Gasteiger partial charge in [-0.25, -0.2) is 0 Å². The maximum atomic E-state index is 11.5. The third-order valence-corrected chi connectivity index (χ3v) is 3.23. The van der Waals surface area contributed by atoms with Crippen molar-refractivity contribution in [2.75, 3.05) is 21.1 Å². The highest BCUT2D eigenvalue weighted by molar-refractivity contribution is 5.94. The lowest BCUT2D eigenvalue weighted by atomic mass is 10.2. The molecule has 0 bridgehead atoms. The van der Waals surface area contributed by atoms with Crippen molar-refractivity contribution in [2.45, 2.75) is 6.42 Å². The Morgan fingerprint density at radius 3 is 2.50 bits per heavy atom. The summed E-state index contributed by atoms with van der Waals surface area (Å²) in [4.78, 5) is 13.5. The lowest BCUT2D eigenvalue weighted by Gasteiger charge is -2.11. The molecule has 1 aliphatic rings. The molecule has 0 radical (unpaired) electrons. The molecule has 0 aliphatic heterocycles. The number of nitrogens with zero attached hydrogens (tertiary/aromatic N) is 3. The van der Waals surface area contributed by atoms with Gasteiger partial charge in [-0.3, -0.25) is 4.79 Å². The molecule has 0 saturated heterocycles. The van der Waals surface area contributed by atoms with Crippen LogP contribution in [0, 0.1) is 0 Å². The van der Waals surface area contributed by atoms with E-state index in [2.05, 4.69) is 27.7 Å². The molecule has 0 saturated carbocycles. The molecular weight excluding hydrogens is 276 g/mol. The average Bonchev–Trinajstić information content (AvgIpc) is 2.78. The van der Waals surface area contributed by atoms with Crippen molar-refractivity contribution in [1.82, 2.24) is 10.2 Å². The van der Waals surface area contributed by atoms with Gasteiger partial charge in [0, 0.05) is 38.8 Å². The maximum Gasteiger partial charge on any atom is 0.251 e. The fourth-order valence-electron chi connectivity index (χ4n) is 1.92. The van der Waals surface area contributed by atoms with Crippen molar-refractivity contribution in [1.29, 1.82) is 0 Å². The molecule has 1 aromatic rings. The number of hydrogen-bond acceptors (Lipinski definition) is 4. The number of carbonyl (C=O) groups excluding carboxylic acids is 1. The fourth-order valence-corrected chi connectivity index (χ4v) is 1.92. The second kappa shape index (κ2) is 7.36. The van der Waals surface area contributed by atoms with Crippen LogP contribution in [0.1, 0.15) is 16.8 Å². The Balaban J connectivity index is 2.09. The zero-order valence-corrected chi connectivity index (χ0v) is 13.1. The molecule has 1 amide bonds. The topological polar surface area (TPSA) is 57.1 Å². The molecule has 1 N–H and O–H groups in total. The van der Waals surface area contributed by atoms with Gasteiger partial charge in [-0.15, -0.1) is 0 Å². The number of likely N-dealkylation sites (N-methyl/N-ethyl adjacent to an activating group) is 1. The van der Waals surface area contributed by atoms with Crippen molar-refractivity contribution in [3.63, 3.8) is 0 Å². The Morgan fingerprint density at radius 2 is 1.86 bits per heavy atom. The quantitative estimate of drug-likeness (QED) is 0.865. The summed E-state index contributed by atoms with van der Waals surface area (Å²) in [6.45, 7) is 0. The minimum atomic E-state index is -0.110. The van der Waals surface area contributed by atoms with Crippen LogP contribution in [-0.2, 0) is 0 Å². The highest BCUT2D eigenvalue weighted by atomic mass is 16.1. The van der Waals surface area contributed by atoms with Gasteiger partial charge < -0.3 is 10.2 Å². The van der Waals surface area contributed by atoms with E-state index in [4.69, 9.17) is 0 Å². The summed E-state index contributed by atoms with van der Waals surface area (Å²) >= 11 is 0. The second-order valence-corrected chi connectivity index (χ2v) is 5.08. The number of hydrogen-bond donors (Lipinski definition) is 1. The van der Waals surface area contributed by atoms with Crippen LogP contribution in [-0.4, -0.2) is 32.0 Å². The van der Waals surface area contributed by atoms with Crippen molar-refractivity contribution >= 4 is 11.6 Å². The molecule has 5 heteroatoms. The Morgan fingerprint density at radius 1 is 1.14 bits per heavy atom. The first-order chi connectivity index (χ1) is 10.6. The van der Waals surface area contributed by atoms with E-state index in [9.17, 15) is 4.79 Å². The second-order valence-electron chi connectivity index (χ2n) is 5.08. The lowest BCUT2D eigenvalue weighted by Crippen LogP contribution is -2.17. The SMILES string of the molecule is CNC(=O)c1ccc(N=NC2=CC=C(N(C)C)C=CC2)cc1. The van der Waals surface area contributed by atoms with E-state index in [0.717, 1.165) is 23.5 Å². The van der Waals surface area contributed by atoms with Crippen LogP contribution in [0.4, 0.5) is 5.69 Å². The average molecular weight is 296 g/mol. The van der Waals surface area contributed by atoms with Crippen LogP contribution >= 0.6 is 0 Å². The molecule has 0 heterocycles. The van der Waals surface area contributed by atoms with Crippen LogP contribution in [0.15, 0.2) is 70.2 Å². The Kier molecular flexibility index (Phi) is 5.25. The number of amides is 1. The first-order valence-corrected chi connectivity index (χ1v) is 7.09. The van der Waals surface area contributed by atoms with Gasteiger partial charge in [0.1, 0.15) is 0 Å². The predicted octanol–water partition coefficient (Wildman–Crippen LogP) is 3.42. The Hall–Kier alpha value is -2.69. The zero-order chi connectivity index (χ0) is 15.9. The summed E-state index contributed by atoms with van der Waals surface area (Å²) in [7, 11) is 5.62. The summed E-state index contributed by atoms with van der Waals surface area (Å²) < 4.78 is 0. The van der Waals surface area contributed by atoms with Crippen LogP contribution in [0.2, 0.25) is 0 Å². The molecule has 0 fully saturated rings. The van der Waals surface area contributed by atoms with Gasteiger partial charge >= 0.3 is 0 Å². The standard InChI is InChI=1S/C17H20N4O/c1-18-17(22)13-7-9-15(10-8-13)20-19-14-5-4-6-16(12-11-14)21(2)3/h4,6-12H,5H2,1-3H3,(H,18,22). The number of azo groups is 1. The third-order valence-electron chi connectivity index (χ3n) is 3.23. The number of nitrogens with one attached hydrogen (secondary N) is 1. The molecule has 0 spiro atoms. The molecule has 0 unspecified atom stereocenters. The fraction of sp³-hybridized carbons (Fsp3) is 0.235. The van der Waals surface area contributed by atoms with E-state index in [0.29, 0.717) is 5.56 Å². The highest BCUT2D eigenvalue weighted by Gasteiger charge is 2.02. The maximum absolute atomic E-state index is 11.5. The molecule has 22 heavy (non-hydrogen) atoms. The van der Waals surface area contributed by atoms with E-state index in [1.165, 1.54) is 0 Å². The predicted molar refractivity (Wildman–Crippen MR) is 88.0 cm³/mol. The molecule has 5 nitrogen and oxygen atoms in total. The zero-order valence-electron chi connectivity index (χ0n) is 13.1. The minimum absolute atomic E-state index is 0.110. The Bertz CT molecular complexity index is 652. The van der Waals surface area contributed by atoms with Gasteiger partial charge in [0.05, 0.1) is 11.4 Å². The van der Waals surface area contributed by atoms with Gasteiger partial charge in [0.25, 0.3) is 5.91 Å². The molecule has 1 aromatic carbocycles. The summed E-state index contributed by atoms with van der Waals surface area (Å²) in [6, 6.07) is 7.03. The van der Waals surface area contributed by atoms with Crippen LogP contribution in [0.5, 0.6) is 0 Å².